The van der Waals surface area contributed by atoms with Gasteiger partial charge >= 0.3 is 0 Å². The van der Waals surface area contributed by atoms with Gasteiger partial charge in [0.1, 0.15) is 0 Å². The van der Waals surface area contributed by atoms with E-state index in [0.717, 1.165) is 29.9 Å². The largest absolute Gasteiger partial charge is 1.00 e. The molecule has 0 aromatic rings. The van der Waals surface area contributed by atoms with Gasteiger partial charge in [0, 0.05) is 16.9 Å². The third-order valence-corrected chi connectivity index (χ3v) is 7.25. The second kappa shape index (κ2) is 16.4. The van der Waals surface area contributed by atoms with Crippen molar-refractivity contribution in [2.24, 2.45) is 11.8 Å². The van der Waals surface area contributed by atoms with Gasteiger partial charge in [-0.3, -0.25) is 0 Å². The fourth-order valence-corrected chi connectivity index (χ4v) is 5.51. The maximum Gasteiger partial charge on any atom is 0.254 e. The summed E-state index contributed by atoms with van der Waals surface area (Å²) in [5.41, 5.74) is 0. The van der Waals surface area contributed by atoms with Gasteiger partial charge in [0.15, 0.2) is 0 Å². The number of halogens is 2. The molecule has 0 amide bonds. The van der Waals surface area contributed by atoms with Crippen LogP contribution in [0.3, 0.4) is 0 Å². The van der Waals surface area contributed by atoms with Crippen LogP contribution in [0.4, 0.5) is 0 Å². The van der Waals surface area contributed by atoms with E-state index in [2.05, 4.69) is 25.7 Å². The molecular formula is C16H22Cl2S4. The molecule has 124 valence electrons. The van der Waals surface area contributed by atoms with Crippen LogP contribution in [-0.2, 0) is 11.4 Å². The SMILES string of the molecule is C#CCSC(=S)C(CCC)C(CCC)C(SCl)=[S+]CC#C.[Cl-]. The highest BCUT2D eigenvalue weighted by molar-refractivity contribution is 8.38. The summed E-state index contributed by atoms with van der Waals surface area (Å²) in [7, 11) is 7.40. The lowest BCUT2D eigenvalue weighted by atomic mass is 9.88. The van der Waals surface area contributed by atoms with Crippen molar-refractivity contribution in [3.05, 3.63) is 0 Å². The second-order valence-electron chi connectivity index (χ2n) is 4.49. The molecule has 2 atom stereocenters. The standard InChI is InChI=1S/C16H22ClS4.ClH/c1-5-9-13(15(18)19-11-7-3)14(10-6-2)16(21-17)20-12-8-4;/h3-4,13-14H,5-6,9-12H2,1-2H3;1H/q+1;/p-1. The van der Waals surface area contributed by atoms with Crippen molar-refractivity contribution >= 4 is 65.4 Å². The molecule has 0 aliphatic heterocycles. The summed E-state index contributed by atoms with van der Waals surface area (Å²) in [6.45, 7) is 4.38. The van der Waals surface area contributed by atoms with Gasteiger partial charge in [0.05, 0.1) is 15.9 Å². The van der Waals surface area contributed by atoms with E-state index in [-0.39, 0.29) is 12.4 Å². The molecule has 2 unspecified atom stereocenters. The Morgan fingerprint density at radius 1 is 1.18 bits per heavy atom. The summed E-state index contributed by atoms with van der Waals surface area (Å²) in [6.07, 6.45) is 15.1. The minimum absolute atomic E-state index is 0. The van der Waals surface area contributed by atoms with Crippen LogP contribution in [0.5, 0.6) is 0 Å². The molecule has 0 fully saturated rings. The summed E-state index contributed by atoms with van der Waals surface area (Å²) in [5.74, 6) is 7.32. The van der Waals surface area contributed by atoms with Crippen molar-refractivity contribution in [2.75, 3.05) is 11.5 Å². The lowest BCUT2D eigenvalue weighted by Crippen LogP contribution is -3.00. The first-order valence-corrected chi connectivity index (χ1v) is 11.0. The molecule has 0 heterocycles. The monoisotopic (exact) mass is 412 g/mol. The zero-order chi connectivity index (χ0) is 16.1. The number of hydrogen-bond donors (Lipinski definition) is 0. The normalized spacial score (nSPS) is 13.4. The highest BCUT2D eigenvalue weighted by Gasteiger charge is 2.33. The van der Waals surface area contributed by atoms with Crippen LogP contribution in [0.15, 0.2) is 0 Å². The molecule has 0 aliphatic rings. The second-order valence-corrected chi connectivity index (χ2v) is 8.54. The summed E-state index contributed by atoms with van der Waals surface area (Å²) in [4.78, 5) is 0. The van der Waals surface area contributed by atoms with Gasteiger partial charge in [-0.05, 0) is 29.4 Å². The average molecular weight is 414 g/mol. The van der Waals surface area contributed by atoms with Crippen molar-refractivity contribution in [1.29, 1.82) is 0 Å². The van der Waals surface area contributed by atoms with E-state index in [9.17, 15) is 0 Å². The van der Waals surface area contributed by atoms with Crippen molar-refractivity contribution in [3.8, 4) is 24.7 Å². The number of hydrogen-bond acceptors (Lipinski definition) is 3. The predicted molar refractivity (Wildman–Crippen MR) is 110 cm³/mol. The lowest BCUT2D eigenvalue weighted by Gasteiger charge is -2.24. The molecule has 6 heteroatoms. The van der Waals surface area contributed by atoms with Crippen molar-refractivity contribution in [1.82, 2.24) is 0 Å². The molecule has 0 aliphatic carbocycles. The maximum absolute atomic E-state index is 6.09. The predicted octanol–water partition coefficient (Wildman–Crippen LogP) is 2.25. The summed E-state index contributed by atoms with van der Waals surface area (Å²) in [5, 5.41) is 0. The fourth-order valence-electron chi connectivity index (χ4n) is 2.11. The molecule has 0 saturated carbocycles. The van der Waals surface area contributed by atoms with Crippen molar-refractivity contribution in [2.45, 2.75) is 39.5 Å². The van der Waals surface area contributed by atoms with E-state index < -0.39 is 0 Å². The van der Waals surface area contributed by atoms with Crippen molar-refractivity contribution < 1.29 is 12.4 Å². The molecular weight excluding hydrogens is 391 g/mol. The third kappa shape index (κ3) is 9.66. The zero-order valence-electron chi connectivity index (χ0n) is 12.9. The van der Waals surface area contributed by atoms with E-state index in [4.69, 9.17) is 35.7 Å². The van der Waals surface area contributed by atoms with E-state index in [1.807, 2.05) is 0 Å². The summed E-state index contributed by atoms with van der Waals surface area (Å²) >= 11 is 8.91. The maximum atomic E-state index is 6.09. The molecule has 0 rings (SSSR count). The van der Waals surface area contributed by atoms with Gasteiger partial charge in [-0.15, -0.1) is 24.6 Å². The highest BCUT2D eigenvalue weighted by Crippen LogP contribution is 2.34. The zero-order valence-corrected chi connectivity index (χ0v) is 17.7. The first-order chi connectivity index (χ1) is 10.2. The Bertz CT molecular complexity index is 421. The van der Waals surface area contributed by atoms with Crippen LogP contribution in [-0.4, -0.2) is 19.9 Å². The minimum Gasteiger partial charge on any atom is -1.00 e. The Morgan fingerprint density at radius 2 is 1.77 bits per heavy atom. The van der Waals surface area contributed by atoms with Crippen LogP contribution in [0, 0.1) is 36.5 Å². The quantitative estimate of drug-likeness (QED) is 0.323. The number of rotatable bonds is 9. The Labute approximate surface area is 164 Å². The van der Waals surface area contributed by atoms with E-state index in [1.165, 1.54) is 15.2 Å². The number of terminal acetylenes is 2. The molecule has 0 bridgehead atoms. The van der Waals surface area contributed by atoms with Crippen molar-refractivity contribution in [3.63, 3.8) is 0 Å². The van der Waals surface area contributed by atoms with Crippen LogP contribution < -0.4 is 12.4 Å². The van der Waals surface area contributed by atoms with Crippen LogP contribution in [0.2, 0.25) is 0 Å². The first kappa shape index (κ1) is 24.8. The molecule has 0 spiro atoms. The highest BCUT2D eigenvalue weighted by atomic mass is 35.7. The Hall–Kier alpha value is 0.580. The average Bonchev–Trinajstić information content (AvgIpc) is 2.50. The Balaban J connectivity index is 0. The van der Waals surface area contributed by atoms with Gasteiger partial charge in [0.25, 0.3) is 4.20 Å². The molecule has 0 radical (unpaired) electrons. The molecule has 0 aromatic heterocycles. The summed E-state index contributed by atoms with van der Waals surface area (Å²) < 4.78 is 2.20. The minimum atomic E-state index is 0. The van der Waals surface area contributed by atoms with E-state index >= 15 is 0 Å². The van der Waals surface area contributed by atoms with Crippen LogP contribution in [0.1, 0.15) is 39.5 Å². The Kier molecular flexibility index (Phi) is 18.6. The van der Waals surface area contributed by atoms with Crippen LogP contribution >= 0.6 is 45.6 Å². The molecule has 0 N–H and O–H groups in total. The van der Waals surface area contributed by atoms with E-state index in [1.54, 1.807) is 23.1 Å². The molecule has 22 heavy (non-hydrogen) atoms. The van der Waals surface area contributed by atoms with Gasteiger partial charge in [-0.25, -0.2) is 0 Å². The molecule has 0 aromatic carbocycles. The number of thiocarbonyl (C=S) groups is 1. The smallest absolute Gasteiger partial charge is 0.254 e. The van der Waals surface area contributed by atoms with E-state index in [0.29, 0.717) is 23.3 Å². The summed E-state index contributed by atoms with van der Waals surface area (Å²) in [6, 6.07) is 0. The Morgan fingerprint density at radius 3 is 2.23 bits per heavy atom. The molecule has 0 nitrogen and oxygen atoms in total. The van der Waals surface area contributed by atoms with Gasteiger partial charge in [-0.2, -0.15) is 0 Å². The fraction of sp³-hybridized carbons (Fsp3) is 0.625. The van der Waals surface area contributed by atoms with Gasteiger partial charge in [0.2, 0.25) is 17.1 Å². The molecule has 0 saturated heterocycles. The van der Waals surface area contributed by atoms with Gasteiger partial charge < -0.3 is 12.4 Å². The first-order valence-electron chi connectivity index (χ1n) is 6.97. The van der Waals surface area contributed by atoms with Gasteiger partial charge in [-0.1, -0.05) is 44.8 Å². The number of thioether (sulfide) groups is 1. The lowest BCUT2D eigenvalue weighted by molar-refractivity contribution is -0.00000398. The van der Waals surface area contributed by atoms with Crippen LogP contribution in [0.25, 0.3) is 0 Å². The topological polar surface area (TPSA) is 0 Å². The third-order valence-electron chi connectivity index (χ3n) is 2.96.